The summed E-state index contributed by atoms with van der Waals surface area (Å²) in [6.07, 6.45) is 0. The summed E-state index contributed by atoms with van der Waals surface area (Å²) >= 11 is 0. The van der Waals surface area contributed by atoms with Gasteiger partial charge in [0, 0.05) is 12.6 Å². The molecule has 0 saturated heterocycles. The summed E-state index contributed by atoms with van der Waals surface area (Å²) in [7, 11) is 0. The van der Waals surface area contributed by atoms with Gasteiger partial charge in [-0.1, -0.05) is 66.7 Å². The van der Waals surface area contributed by atoms with Crippen molar-refractivity contribution in [2.75, 3.05) is 0 Å². The highest BCUT2D eigenvalue weighted by Crippen LogP contribution is 2.23. The summed E-state index contributed by atoms with van der Waals surface area (Å²) in [4.78, 5) is 0. The molecule has 0 bridgehead atoms. The fourth-order valence-corrected chi connectivity index (χ4v) is 2.98. The second-order valence-corrected chi connectivity index (χ2v) is 6.36. The molecule has 1 atom stereocenters. The Hall–Kier alpha value is -2.93. The molecule has 3 nitrogen and oxygen atoms in total. The van der Waals surface area contributed by atoms with Crippen LogP contribution in [0.3, 0.4) is 0 Å². The lowest BCUT2D eigenvalue weighted by Crippen LogP contribution is -2.18. The van der Waals surface area contributed by atoms with Gasteiger partial charge in [-0.25, -0.2) is 0 Å². The first-order valence-electron chi connectivity index (χ1n) is 8.73. The molecule has 0 aliphatic heterocycles. The first-order valence-corrected chi connectivity index (χ1v) is 8.73. The van der Waals surface area contributed by atoms with E-state index in [1.165, 1.54) is 5.56 Å². The molecular weight excluding hydrogens is 320 g/mol. The Morgan fingerprint density at radius 1 is 0.962 bits per heavy atom. The number of aliphatic hydroxyl groups excluding tert-OH is 1. The maximum absolute atomic E-state index is 9.27. The number of hydrogen-bond donors (Lipinski definition) is 2. The van der Waals surface area contributed by atoms with Crippen molar-refractivity contribution in [3.63, 3.8) is 0 Å². The molecule has 0 fully saturated rings. The number of nitriles is 1. The van der Waals surface area contributed by atoms with E-state index in [1.807, 2.05) is 42.5 Å². The first kappa shape index (κ1) is 17.9. The Kier molecular flexibility index (Phi) is 5.80. The van der Waals surface area contributed by atoms with Gasteiger partial charge in [0.05, 0.1) is 18.2 Å². The maximum atomic E-state index is 9.27. The van der Waals surface area contributed by atoms with E-state index in [0.29, 0.717) is 5.56 Å². The minimum Gasteiger partial charge on any atom is -0.392 e. The van der Waals surface area contributed by atoms with Crippen molar-refractivity contribution in [1.29, 1.82) is 5.26 Å². The van der Waals surface area contributed by atoms with Gasteiger partial charge >= 0.3 is 0 Å². The summed E-state index contributed by atoms with van der Waals surface area (Å²) in [5, 5.41) is 22.0. The number of benzene rings is 3. The first-order chi connectivity index (χ1) is 12.7. The van der Waals surface area contributed by atoms with E-state index in [2.05, 4.69) is 48.6 Å². The van der Waals surface area contributed by atoms with Crippen LogP contribution in [0.15, 0.2) is 72.8 Å². The van der Waals surface area contributed by atoms with Gasteiger partial charge in [-0.2, -0.15) is 5.26 Å². The van der Waals surface area contributed by atoms with E-state index in [-0.39, 0.29) is 12.6 Å². The van der Waals surface area contributed by atoms with Crippen LogP contribution in [0, 0.1) is 11.3 Å². The van der Waals surface area contributed by atoms with E-state index in [1.54, 1.807) is 0 Å². The van der Waals surface area contributed by atoms with Crippen LogP contribution in [0.25, 0.3) is 11.1 Å². The molecule has 3 heteroatoms. The smallest absolute Gasteiger partial charge is 0.0998 e. The predicted molar refractivity (Wildman–Crippen MR) is 104 cm³/mol. The summed E-state index contributed by atoms with van der Waals surface area (Å²) in [5.41, 5.74) is 5.98. The Labute approximate surface area is 154 Å². The summed E-state index contributed by atoms with van der Waals surface area (Å²) in [6, 6.07) is 26.4. The highest BCUT2D eigenvalue weighted by atomic mass is 16.3. The van der Waals surface area contributed by atoms with Gasteiger partial charge in [0.25, 0.3) is 0 Å². The molecule has 0 radical (unpaired) electrons. The Morgan fingerprint density at radius 2 is 1.73 bits per heavy atom. The van der Waals surface area contributed by atoms with Crippen molar-refractivity contribution < 1.29 is 5.11 Å². The largest absolute Gasteiger partial charge is 0.392 e. The number of aliphatic hydroxyl groups is 1. The van der Waals surface area contributed by atoms with Crippen molar-refractivity contribution in [2.45, 2.75) is 26.1 Å². The standard InChI is InChI=1S/C23H22N2O/c1-17(21-7-4-5-19(13-21)16-26)25-15-18-9-11-20(12-10-18)23-8-3-2-6-22(23)14-24/h2-13,17,25-26H,15-16H2,1H3. The molecule has 26 heavy (non-hydrogen) atoms. The van der Waals surface area contributed by atoms with Gasteiger partial charge in [-0.15, -0.1) is 0 Å². The molecule has 3 aromatic carbocycles. The van der Waals surface area contributed by atoms with Gasteiger partial charge in [0.1, 0.15) is 0 Å². The fraction of sp³-hybridized carbons (Fsp3) is 0.174. The van der Waals surface area contributed by atoms with E-state index >= 15 is 0 Å². The van der Waals surface area contributed by atoms with Crippen LogP contribution in [0.4, 0.5) is 0 Å². The molecule has 0 aromatic heterocycles. The monoisotopic (exact) mass is 342 g/mol. The Balaban J connectivity index is 1.67. The summed E-state index contributed by atoms with van der Waals surface area (Å²) in [6.45, 7) is 2.94. The number of hydrogen-bond acceptors (Lipinski definition) is 3. The minimum absolute atomic E-state index is 0.0617. The van der Waals surface area contributed by atoms with Gasteiger partial charge in [-0.05, 0) is 40.8 Å². The second kappa shape index (κ2) is 8.44. The van der Waals surface area contributed by atoms with Crippen LogP contribution in [0.1, 0.15) is 35.2 Å². The van der Waals surface area contributed by atoms with Crippen LogP contribution in [0.2, 0.25) is 0 Å². The quantitative estimate of drug-likeness (QED) is 0.690. The van der Waals surface area contributed by atoms with E-state index < -0.39 is 0 Å². The molecule has 1 unspecified atom stereocenters. The topological polar surface area (TPSA) is 56.0 Å². The minimum atomic E-state index is 0.0617. The molecule has 2 N–H and O–H groups in total. The summed E-state index contributed by atoms with van der Waals surface area (Å²) in [5.74, 6) is 0. The van der Waals surface area contributed by atoms with Crippen LogP contribution in [-0.4, -0.2) is 5.11 Å². The van der Waals surface area contributed by atoms with Crippen LogP contribution < -0.4 is 5.32 Å². The molecule has 3 rings (SSSR count). The van der Waals surface area contributed by atoms with E-state index in [4.69, 9.17) is 0 Å². The zero-order valence-corrected chi connectivity index (χ0v) is 14.8. The highest BCUT2D eigenvalue weighted by Gasteiger charge is 2.07. The molecular formula is C23H22N2O. The second-order valence-electron chi connectivity index (χ2n) is 6.36. The lowest BCUT2D eigenvalue weighted by atomic mass is 9.99. The molecule has 0 heterocycles. The Morgan fingerprint density at radius 3 is 2.46 bits per heavy atom. The lowest BCUT2D eigenvalue weighted by Gasteiger charge is -2.15. The van der Waals surface area contributed by atoms with Crippen LogP contribution >= 0.6 is 0 Å². The summed E-state index contributed by atoms with van der Waals surface area (Å²) < 4.78 is 0. The normalized spacial score (nSPS) is 11.7. The number of nitrogens with one attached hydrogen (secondary N) is 1. The van der Waals surface area contributed by atoms with Gasteiger partial charge in [0.2, 0.25) is 0 Å². The number of rotatable bonds is 6. The molecule has 0 amide bonds. The molecule has 0 spiro atoms. The maximum Gasteiger partial charge on any atom is 0.0998 e. The zero-order valence-electron chi connectivity index (χ0n) is 14.8. The van der Waals surface area contributed by atoms with Crippen molar-refractivity contribution in [3.05, 3.63) is 95.1 Å². The third-order valence-corrected chi connectivity index (χ3v) is 4.56. The van der Waals surface area contributed by atoms with Gasteiger partial charge < -0.3 is 10.4 Å². The highest BCUT2D eigenvalue weighted by molar-refractivity contribution is 5.70. The Bertz CT molecular complexity index is 910. The molecule has 130 valence electrons. The SMILES string of the molecule is CC(NCc1ccc(-c2ccccc2C#N)cc1)c1cccc(CO)c1. The van der Waals surface area contributed by atoms with E-state index in [0.717, 1.165) is 28.8 Å². The van der Waals surface area contributed by atoms with Gasteiger partial charge in [0.15, 0.2) is 0 Å². The molecule has 0 aliphatic carbocycles. The van der Waals surface area contributed by atoms with Crippen LogP contribution in [0.5, 0.6) is 0 Å². The van der Waals surface area contributed by atoms with Crippen LogP contribution in [-0.2, 0) is 13.2 Å². The zero-order chi connectivity index (χ0) is 18.4. The van der Waals surface area contributed by atoms with Crippen molar-refractivity contribution >= 4 is 0 Å². The van der Waals surface area contributed by atoms with Crippen molar-refractivity contribution in [3.8, 4) is 17.2 Å². The predicted octanol–water partition coefficient (Wildman–Crippen LogP) is 4.57. The average molecular weight is 342 g/mol. The molecule has 0 aliphatic rings. The third kappa shape index (κ3) is 4.18. The average Bonchev–Trinajstić information content (AvgIpc) is 2.72. The van der Waals surface area contributed by atoms with Crippen molar-refractivity contribution in [2.24, 2.45) is 0 Å². The third-order valence-electron chi connectivity index (χ3n) is 4.56. The van der Waals surface area contributed by atoms with Gasteiger partial charge in [-0.3, -0.25) is 0 Å². The fourth-order valence-electron chi connectivity index (χ4n) is 2.98. The van der Waals surface area contributed by atoms with E-state index in [9.17, 15) is 10.4 Å². The van der Waals surface area contributed by atoms with Crippen molar-refractivity contribution in [1.82, 2.24) is 5.32 Å². The lowest BCUT2D eigenvalue weighted by molar-refractivity contribution is 0.281. The number of nitrogens with zero attached hydrogens (tertiary/aromatic N) is 1. The molecule has 3 aromatic rings. The molecule has 0 saturated carbocycles.